The molecule has 132 valence electrons. The van der Waals surface area contributed by atoms with Crippen LogP contribution in [0.25, 0.3) is 0 Å². The van der Waals surface area contributed by atoms with E-state index in [1.807, 2.05) is 0 Å². The van der Waals surface area contributed by atoms with Crippen molar-refractivity contribution in [2.45, 2.75) is 0 Å². The summed E-state index contributed by atoms with van der Waals surface area (Å²) in [5.74, 6) is 0.495. The number of rotatable bonds is 6. The highest BCUT2D eigenvalue weighted by molar-refractivity contribution is 9.11. The van der Waals surface area contributed by atoms with Crippen LogP contribution in [0.15, 0.2) is 48.9 Å². The van der Waals surface area contributed by atoms with Crippen LogP contribution in [-0.4, -0.2) is 30.9 Å². The zero-order valence-corrected chi connectivity index (χ0v) is 17.7. The van der Waals surface area contributed by atoms with Crippen molar-refractivity contribution in [1.82, 2.24) is 5.43 Å². The summed E-state index contributed by atoms with van der Waals surface area (Å²) in [6.07, 6.45) is 1.34. The van der Waals surface area contributed by atoms with E-state index in [-0.39, 0.29) is 12.4 Å². The first-order valence-corrected chi connectivity index (χ1v) is 9.25. The van der Waals surface area contributed by atoms with Crippen molar-refractivity contribution in [2.24, 2.45) is 5.10 Å². The van der Waals surface area contributed by atoms with Crippen molar-refractivity contribution in [3.63, 3.8) is 0 Å². The first kappa shape index (κ1) is 19.7. The minimum Gasteiger partial charge on any atom is -0.507 e. The van der Waals surface area contributed by atoms with Crippen molar-refractivity contribution in [3.05, 3.63) is 49.3 Å². The van der Waals surface area contributed by atoms with Gasteiger partial charge in [0.05, 0.1) is 17.8 Å². The quantitative estimate of drug-likeness (QED) is 0.428. The Labute approximate surface area is 169 Å². The van der Waals surface area contributed by atoms with E-state index in [4.69, 9.17) is 9.47 Å². The number of hydrogen-bond donors (Lipinski definition) is 2. The summed E-state index contributed by atoms with van der Waals surface area (Å²) in [6, 6.07) is 8.40. The second kappa shape index (κ2) is 9.21. The third-order valence-corrected chi connectivity index (χ3v) is 4.46. The van der Waals surface area contributed by atoms with E-state index in [1.54, 1.807) is 24.3 Å². The van der Waals surface area contributed by atoms with Gasteiger partial charge in [0, 0.05) is 14.5 Å². The molecule has 0 saturated carbocycles. The summed E-state index contributed by atoms with van der Waals surface area (Å²) in [5, 5.41) is 13.5. The molecule has 0 aromatic heterocycles. The maximum atomic E-state index is 11.8. The lowest BCUT2D eigenvalue weighted by atomic mass is 10.2. The fourth-order valence-corrected chi connectivity index (χ4v) is 3.48. The molecule has 1 amide bonds. The highest BCUT2D eigenvalue weighted by Gasteiger charge is 2.12. The maximum absolute atomic E-state index is 11.8. The highest BCUT2D eigenvalue weighted by atomic mass is 79.9. The molecule has 0 atom stereocenters. The van der Waals surface area contributed by atoms with Gasteiger partial charge >= 0.3 is 0 Å². The Morgan fingerprint density at radius 1 is 1.24 bits per heavy atom. The number of carbonyl (C=O) groups is 1. The molecule has 2 aromatic carbocycles. The molecule has 0 saturated heterocycles. The number of halogens is 3. The SMILES string of the molecule is COc1cc(Br)cc(Br)c1OCC(=O)N/N=C/c1cc(Br)ccc1O. The monoisotopic (exact) mass is 534 g/mol. The Hall–Kier alpha value is -1.58. The lowest BCUT2D eigenvalue weighted by Crippen LogP contribution is -2.24. The van der Waals surface area contributed by atoms with Crippen molar-refractivity contribution in [1.29, 1.82) is 0 Å². The highest BCUT2D eigenvalue weighted by Crippen LogP contribution is 2.38. The van der Waals surface area contributed by atoms with Crippen LogP contribution in [0, 0.1) is 0 Å². The number of nitrogens with zero attached hydrogens (tertiary/aromatic N) is 1. The first-order chi connectivity index (χ1) is 11.9. The minimum atomic E-state index is -0.456. The third-order valence-electron chi connectivity index (χ3n) is 2.92. The average molecular weight is 537 g/mol. The van der Waals surface area contributed by atoms with Gasteiger partial charge in [0.1, 0.15) is 5.75 Å². The molecule has 0 aliphatic carbocycles. The van der Waals surface area contributed by atoms with Crippen LogP contribution in [0.1, 0.15) is 5.56 Å². The topological polar surface area (TPSA) is 80.2 Å². The Kier molecular flexibility index (Phi) is 7.27. The molecule has 2 aromatic rings. The van der Waals surface area contributed by atoms with Crippen molar-refractivity contribution in [3.8, 4) is 17.2 Å². The molecule has 0 spiro atoms. The van der Waals surface area contributed by atoms with Gasteiger partial charge in [-0.3, -0.25) is 4.79 Å². The first-order valence-electron chi connectivity index (χ1n) is 6.87. The minimum absolute atomic E-state index is 0.0565. The standard InChI is InChI=1S/C16H13Br3N2O4/c1-24-14-6-11(18)5-12(19)16(14)25-8-15(23)21-20-7-9-4-10(17)2-3-13(9)22/h2-7,22H,8H2,1H3,(H,21,23)/b20-7+. The Morgan fingerprint density at radius 2 is 2.00 bits per heavy atom. The van der Waals surface area contributed by atoms with Crippen molar-refractivity contribution < 1.29 is 19.4 Å². The molecular weight excluding hydrogens is 524 g/mol. The summed E-state index contributed by atoms with van der Waals surface area (Å²) in [4.78, 5) is 11.8. The molecule has 0 aliphatic rings. The normalized spacial score (nSPS) is 10.7. The fraction of sp³-hybridized carbons (Fsp3) is 0.125. The van der Waals surface area contributed by atoms with E-state index in [2.05, 4.69) is 58.3 Å². The van der Waals surface area contributed by atoms with E-state index in [0.29, 0.717) is 21.5 Å². The molecule has 2 rings (SSSR count). The average Bonchev–Trinajstić information content (AvgIpc) is 2.56. The molecule has 0 aliphatic heterocycles. The summed E-state index contributed by atoms with van der Waals surface area (Å²) in [7, 11) is 1.51. The Morgan fingerprint density at radius 3 is 2.72 bits per heavy atom. The van der Waals surface area contributed by atoms with Gasteiger partial charge in [-0.05, 0) is 46.3 Å². The van der Waals surface area contributed by atoms with Gasteiger partial charge < -0.3 is 14.6 Å². The van der Waals surface area contributed by atoms with Crippen LogP contribution in [-0.2, 0) is 4.79 Å². The summed E-state index contributed by atoms with van der Waals surface area (Å²) < 4.78 is 13.0. The second-order valence-electron chi connectivity index (χ2n) is 4.70. The number of phenols is 1. The molecule has 0 bridgehead atoms. The molecule has 0 heterocycles. The largest absolute Gasteiger partial charge is 0.507 e. The number of ether oxygens (including phenoxy) is 2. The van der Waals surface area contributed by atoms with Gasteiger partial charge in [-0.2, -0.15) is 5.10 Å². The van der Waals surface area contributed by atoms with Crippen LogP contribution in [0.3, 0.4) is 0 Å². The number of benzene rings is 2. The van der Waals surface area contributed by atoms with E-state index < -0.39 is 5.91 Å². The molecule has 9 heteroatoms. The zero-order valence-electron chi connectivity index (χ0n) is 12.9. The van der Waals surface area contributed by atoms with Gasteiger partial charge in [0.2, 0.25) is 0 Å². The fourth-order valence-electron chi connectivity index (χ4n) is 1.80. The Balaban J connectivity index is 1.95. The number of hydrogen-bond acceptors (Lipinski definition) is 5. The van der Waals surface area contributed by atoms with E-state index in [9.17, 15) is 9.90 Å². The summed E-state index contributed by atoms with van der Waals surface area (Å²) in [5.41, 5.74) is 2.80. The number of methoxy groups -OCH3 is 1. The number of hydrazone groups is 1. The summed E-state index contributed by atoms with van der Waals surface area (Å²) >= 11 is 10.00. The zero-order chi connectivity index (χ0) is 18.4. The predicted molar refractivity (Wildman–Crippen MR) is 105 cm³/mol. The Bertz CT molecular complexity index is 812. The van der Waals surface area contributed by atoms with E-state index in [1.165, 1.54) is 19.4 Å². The van der Waals surface area contributed by atoms with Crippen molar-refractivity contribution >= 4 is 59.9 Å². The number of nitrogens with one attached hydrogen (secondary N) is 1. The molecule has 0 fully saturated rings. The van der Waals surface area contributed by atoms with E-state index >= 15 is 0 Å². The van der Waals surface area contributed by atoms with Crippen LogP contribution in [0.2, 0.25) is 0 Å². The number of carbonyl (C=O) groups excluding carboxylic acids is 1. The number of phenolic OH excluding ortho intramolecular Hbond substituents is 1. The predicted octanol–water partition coefficient (Wildman–Crippen LogP) is 4.22. The molecule has 0 unspecified atom stereocenters. The van der Waals surface area contributed by atoms with Crippen LogP contribution in [0.4, 0.5) is 0 Å². The maximum Gasteiger partial charge on any atom is 0.277 e. The molecule has 6 nitrogen and oxygen atoms in total. The molecular formula is C16H13Br3N2O4. The van der Waals surface area contributed by atoms with Crippen molar-refractivity contribution in [2.75, 3.05) is 13.7 Å². The van der Waals surface area contributed by atoms with E-state index in [0.717, 1.165) is 8.95 Å². The summed E-state index contributed by atoms with van der Waals surface area (Å²) in [6.45, 7) is -0.252. The smallest absolute Gasteiger partial charge is 0.277 e. The molecule has 0 radical (unpaired) electrons. The van der Waals surface area contributed by atoms with Crippen LogP contribution >= 0.6 is 47.8 Å². The molecule has 25 heavy (non-hydrogen) atoms. The van der Waals surface area contributed by atoms with Gasteiger partial charge in [0.15, 0.2) is 18.1 Å². The van der Waals surface area contributed by atoms with Crippen LogP contribution < -0.4 is 14.9 Å². The molecule has 2 N–H and O–H groups in total. The van der Waals surface area contributed by atoms with Gasteiger partial charge in [-0.25, -0.2) is 5.43 Å². The third kappa shape index (κ3) is 5.72. The van der Waals surface area contributed by atoms with Gasteiger partial charge in [0.25, 0.3) is 5.91 Å². The van der Waals surface area contributed by atoms with Gasteiger partial charge in [-0.15, -0.1) is 0 Å². The number of amides is 1. The number of aromatic hydroxyl groups is 1. The second-order valence-corrected chi connectivity index (χ2v) is 7.39. The van der Waals surface area contributed by atoms with Crippen LogP contribution in [0.5, 0.6) is 17.2 Å². The lowest BCUT2D eigenvalue weighted by molar-refractivity contribution is -0.123. The van der Waals surface area contributed by atoms with Gasteiger partial charge in [-0.1, -0.05) is 31.9 Å². The lowest BCUT2D eigenvalue weighted by Gasteiger charge is -2.12.